The summed E-state index contributed by atoms with van der Waals surface area (Å²) in [6.45, 7) is 3.87. The van der Waals surface area contributed by atoms with Crippen LogP contribution in [0.2, 0.25) is 0 Å². The van der Waals surface area contributed by atoms with Crippen LogP contribution in [0.3, 0.4) is 0 Å². The number of aliphatic imine (C=N–C) groups is 1. The molecule has 0 spiro atoms. The number of anilines is 1. The molecule has 4 aromatic rings. The Morgan fingerprint density at radius 3 is 2.42 bits per heavy atom. The maximum Gasteiger partial charge on any atom is 0.417 e. The smallest absolute Gasteiger partial charge is 0.324 e. The molecule has 154 valence electrons. The van der Waals surface area contributed by atoms with Gasteiger partial charge in [0.2, 0.25) is 0 Å². The van der Waals surface area contributed by atoms with Crippen molar-refractivity contribution >= 4 is 28.4 Å². The molecule has 0 radical (unpaired) electrons. The maximum atomic E-state index is 13.6. The summed E-state index contributed by atoms with van der Waals surface area (Å²) < 4.78 is 40.7. The summed E-state index contributed by atoms with van der Waals surface area (Å²) in [7, 11) is 0. The van der Waals surface area contributed by atoms with Gasteiger partial charge in [-0.2, -0.15) is 13.2 Å². The van der Waals surface area contributed by atoms with Crippen LogP contribution >= 0.6 is 0 Å². The predicted octanol–water partition coefficient (Wildman–Crippen LogP) is 5.83. The number of amidine groups is 1. The highest BCUT2D eigenvalue weighted by Gasteiger charge is 2.34. The summed E-state index contributed by atoms with van der Waals surface area (Å²) in [6.07, 6.45) is -4.52. The van der Waals surface area contributed by atoms with Crippen LogP contribution in [0.15, 0.2) is 59.6 Å². The minimum atomic E-state index is -4.52. The molecule has 1 aliphatic heterocycles. The SMILES string of the molecule is Cc1cc(C)c2c(n1)NC2=Nc1nc(-c2ccccc2C(F)(F)F)nc2ccccc12. The van der Waals surface area contributed by atoms with E-state index in [0.717, 1.165) is 28.7 Å². The maximum absolute atomic E-state index is 13.6. The molecule has 5 rings (SSSR count). The molecule has 0 aliphatic carbocycles. The molecule has 0 saturated heterocycles. The summed E-state index contributed by atoms with van der Waals surface area (Å²) in [5, 5.41) is 3.76. The second kappa shape index (κ2) is 6.87. The van der Waals surface area contributed by atoms with Gasteiger partial charge in [-0.1, -0.05) is 30.3 Å². The molecule has 5 nitrogen and oxygen atoms in total. The van der Waals surface area contributed by atoms with Gasteiger partial charge in [-0.3, -0.25) is 0 Å². The van der Waals surface area contributed by atoms with E-state index in [1.165, 1.54) is 18.2 Å². The Bertz CT molecular complexity index is 1360. The highest BCUT2D eigenvalue weighted by atomic mass is 19.4. The number of hydrogen-bond acceptors (Lipinski definition) is 4. The number of nitrogens with one attached hydrogen (secondary N) is 1. The molecule has 1 N–H and O–H groups in total. The summed E-state index contributed by atoms with van der Waals surface area (Å²) in [6, 6.07) is 14.4. The Labute approximate surface area is 175 Å². The average molecular weight is 419 g/mol. The first-order chi connectivity index (χ1) is 14.8. The third-order valence-electron chi connectivity index (χ3n) is 5.09. The normalized spacial score (nSPS) is 14.3. The molecule has 0 atom stereocenters. The Kier molecular flexibility index (Phi) is 4.25. The number of nitrogens with zero attached hydrogens (tertiary/aromatic N) is 4. The standard InChI is InChI=1S/C23H16F3N5/c1-12-11-13(2)27-21-18(12)22(31-21)30-20-15-8-4-6-10-17(15)28-19(29-20)14-7-3-5-9-16(14)23(24,25)26/h3-11H,1-2H3,(H,27,28,29,30,31). The Hall–Kier alpha value is -3.81. The number of aromatic nitrogens is 3. The number of rotatable bonds is 2. The van der Waals surface area contributed by atoms with E-state index in [-0.39, 0.29) is 11.4 Å². The van der Waals surface area contributed by atoms with Crippen LogP contribution in [-0.2, 0) is 6.18 Å². The van der Waals surface area contributed by atoms with Gasteiger partial charge < -0.3 is 5.32 Å². The van der Waals surface area contributed by atoms with Gasteiger partial charge >= 0.3 is 6.18 Å². The van der Waals surface area contributed by atoms with Crippen molar-refractivity contribution in [3.05, 3.63) is 77.0 Å². The Balaban J connectivity index is 1.71. The monoisotopic (exact) mass is 419 g/mol. The molecule has 0 bridgehead atoms. The second-order valence-electron chi connectivity index (χ2n) is 7.32. The summed E-state index contributed by atoms with van der Waals surface area (Å²) in [4.78, 5) is 17.9. The minimum Gasteiger partial charge on any atom is -0.324 e. The van der Waals surface area contributed by atoms with Gasteiger partial charge in [0.05, 0.1) is 16.6 Å². The molecule has 2 aromatic carbocycles. The lowest BCUT2D eigenvalue weighted by Crippen LogP contribution is -2.29. The van der Waals surface area contributed by atoms with Crippen molar-refractivity contribution in [2.75, 3.05) is 5.32 Å². The van der Waals surface area contributed by atoms with Crippen molar-refractivity contribution in [2.45, 2.75) is 20.0 Å². The van der Waals surface area contributed by atoms with Crippen LogP contribution in [0.5, 0.6) is 0 Å². The number of pyridine rings is 1. The van der Waals surface area contributed by atoms with E-state index < -0.39 is 11.7 Å². The molecule has 8 heteroatoms. The predicted molar refractivity (Wildman–Crippen MR) is 114 cm³/mol. The van der Waals surface area contributed by atoms with Gasteiger partial charge in [0.15, 0.2) is 11.6 Å². The lowest BCUT2D eigenvalue weighted by Gasteiger charge is -2.25. The first-order valence-corrected chi connectivity index (χ1v) is 9.59. The van der Waals surface area contributed by atoms with E-state index in [0.29, 0.717) is 22.6 Å². The minimum absolute atomic E-state index is 0.0238. The fraction of sp³-hybridized carbons (Fsp3) is 0.130. The molecular formula is C23H16F3N5. The van der Waals surface area contributed by atoms with Crippen LogP contribution < -0.4 is 5.32 Å². The largest absolute Gasteiger partial charge is 0.417 e. The van der Waals surface area contributed by atoms with Crippen molar-refractivity contribution < 1.29 is 13.2 Å². The quantitative estimate of drug-likeness (QED) is 0.444. The second-order valence-corrected chi connectivity index (χ2v) is 7.32. The topological polar surface area (TPSA) is 63.1 Å². The van der Waals surface area contributed by atoms with Crippen LogP contribution in [0.1, 0.15) is 22.4 Å². The van der Waals surface area contributed by atoms with E-state index in [2.05, 4.69) is 25.3 Å². The van der Waals surface area contributed by atoms with Gasteiger partial charge in [-0.25, -0.2) is 19.9 Å². The molecule has 0 fully saturated rings. The number of alkyl halides is 3. The number of aryl methyl sites for hydroxylation is 2. The molecule has 0 saturated carbocycles. The van der Waals surface area contributed by atoms with Gasteiger partial charge in [0.1, 0.15) is 11.7 Å². The van der Waals surface area contributed by atoms with Gasteiger partial charge in [0, 0.05) is 16.6 Å². The molecule has 31 heavy (non-hydrogen) atoms. The van der Waals surface area contributed by atoms with Crippen LogP contribution in [0.25, 0.3) is 22.3 Å². The zero-order valence-electron chi connectivity index (χ0n) is 16.6. The van der Waals surface area contributed by atoms with Crippen molar-refractivity contribution in [2.24, 2.45) is 4.99 Å². The number of fused-ring (bicyclic) bond motifs is 2. The van der Waals surface area contributed by atoms with E-state index in [1.54, 1.807) is 18.2 Å². The summed E-state index contributed by atoms with van der Waals surface area (Å²) in [5.41, 5.74) is 2.43. The van der Waals surface area contributed by atoms with Crippen molar-refractivity contribution in [1.82, 2.24) is 15.0 Å². The fourth-order valence-corrected chi connectivity index (χ4v) is 3.72. The van der Waals surface area contributed by atoms with Crippen molar-refractivity contribution in [3.8, 4) is 11.4 Å². The zero-order valence-corrected chi connectivity index (χ0v) is 16.6. The first kappa shape index (κ1) is 19.2. The molecule has 0 amide bonds. The number of hydrogen-bond donors (Lipinski definition) is 1. The van der Waals surface area contributed by atoms with E-state index in [4.69, 9.17) is 0 Å². The van der Waals surface area contributed by atoms with E-state index >= 15 is 0 Å². The lowest BCUT2D eigenvalue weighted by molar-refractivity contribution is -0.137. The third kappa shape index (κ3) is 3.30. The number of halogens is 3. The summed E-state index contributed by atoms with van der Waals surface area (Å²) >= 11 is 0. The fourth-order valence-electron chi connectivity index (χ4n) is 3.72. The summed E-state index contributed by atoms with van der Waals surface area (Å²) in [5.74, 6) is 1.59. The van der Waals surface area contributed by atoms with Gasteiger partial charge in [-0.15, -0.1) is 0 Å². The Morgan fingerprint density at radius 1 is 0.903 bits per heavy atom. The van der Waals surface area contributed by atoms with Gasteiger partial charge in [0.25, 0.3) is 0 Å². The molecule has 0 unspecified atom stereocenters. The van der Waals surface area contributed by atoms with Gasteiger partial charge in [-0.05, 0) is 43.7 Å². The highest BCUT2D eigenvalue weighted by Crippen LogP contribution is 2.38. The first-order valence-electron chi connectivity index (χ1n) is 9.59. The zero-order chi connectivity index (χ0) is 21.8. The highest BCUT2D eigenvalue weighted by molar-refractivity contribution is 6.22. The number of para-hydroxylation sites is 1. The lowest BCUT2D eigenvalue weighted by atomic mass is 10.0. The third-order valence-corrected chi connectivity index (χ3v) is 5.09. The molecule has 3 heterocycles. The Morgan fingerprint density at radius 2 is 1.65 bits per heavy atom. The van der Waals surface area contributed by atoms with E-state index in [9.17, 15) is 13.2 Å². The van der Waals surface area contributed by atoms with Crippen LogP contribution in [0, 0.1) is 13.8 Å². The van der Waals surface area contributed by atoms with Crippen molar-refractivity contribution in [1.29, 1.82) is 0 Å². The van der Waals surface area contributed by atoms with Crippen molar-refractivity contribution in [3.63, 3.8) is 0 Å². The molecule has 2 aromatic heterocycles. The molecule has 1 aliphatic rings. The number of benzene rings is 2. The van der Waals surface area contributed by atoms with Crippen LogP contribution in [0.4, 0.5) is 24.8 Å². The van der Waals surface area contributed by atoms with Crippen LogP contribution in [-0.4, -0.2) is 20.8 Å². The average Bonchev–Trinajstić information content (AvgIpc) is 2.71. The van der Waals surface area contributed by atoms with E-state index in [1.807, 2.05) is 26.0 Å². The molecular weight excluding hydrogens is 403 g/mol.